The van der Waals surface area contributed by atoms with Gasteiger partial charge in [0.2, 0.25) is 0 Å². The topological polar surface area (TPSA) is 58.4 Å². The summed E-state index contributed by atoms with van der Waals surface area (Å²) in [6, 6.07) is 3.95. The number of nitrogens with zero attached hydrogens (tertiary/aromatic N) is 3. The van der Waals surface area contributed by atoms with Gasteiger partial charge in [-0.2, -0.15) is 5.10 Å². The lowest BCUT2D eigenvalue weighted by molar-refractivity contribution is 0.0466. The third-order valence-electron chi connectivity index (χ3n) is 4.24. The van der Waals surface area contributed by atoms with Crippen LogP contribution in [0.4, 0.5) is 0 Å². The normalized spacial score (nSPS) is 20.1. The van der Waals surface area contributed by atoms with Gasteiger partial charge in [-0.3, -0.25) is 9.48 Å². The Kier molecular flexibility index (Phi) is 4.31. The van der Waals surface area contributed by atoms with Crippen LogP contribution in [-0.4, -0.2) is 44.9 Å². The van der Waals surface area contributed by atoms with Crippen molar-refractivity contribution in [3.05, 3.63) is 29.3 Å². The monoisotopic (exact) mass is 319 g/mol. The number of aliphatic hydroxyl groups is 1. The van der Waals surface area contributed by atoms with E-state index in [2.05, 4.69) is 5.10 Å². The SMILES string of the molecule is CC(O)C1CCCN(C(=O)c2cn(C)nc2-c2cccs2)C1. The molecule has 22 heavy (non-hydrogen) atoms. The van der Waals surface area contributed by atoms with Crippen LogP contribution in [0.25, 0.3) is 10.6 Å². The molecule has 2 atom stereocenters. The van der Waals surface area contributed by atoms with E-state index in [1.54, 1.807) is 29.1 Å². The highest BCUT2D eigenvalue weighted by atomic mass is 32.1. The number of likely N-dealkylation sites (tertiary alicyclic amines) is 1. The molecule has 2 aromatic rings. The summed E-state index contributed by atoms with van der Waals surface area (Å²) in [6.07, 6.45) is 3.34. The highest BCUT2D eigenvalue weighted by Crippen LogP contribution is 2.29. The summed E-state index contributed by atoms with van der Waals surface area (Å²) < 4.78 is 1.69. The first kappa shape index (κ1) is 15.2. The Morgan fingerprint density at radius 2 is 2.36 bits per heavy atom. The summed E-state index contributed by atoms with van der Waals surface area (Å²) in [5.74, 6) is 0.182. The number of rotatable bonds is 3. The fourth-order valence-electron chi connectivity index (χ4n) is 3.00. The van der Waals surface area contributed by atoms with Crippen LogP contribution in [0.2, 0.25) is 0 Å². The summed E-state index contributed by atoms with van der Waals surface area (Å²) in [6.45, 7) is 3.18. The van der Waals surface area contributed by atoms with Crippen LogP contribution in [0, 0.1) is 5.92 Å². The molecule has 1 amide bonds. The molecule has 0 spiro atoms. The van der Waals surface area contributed by atoms with Gasteiger partial charge in [0.25, 0.3) is 5.91 Å². The van der Waals surface area contributed by atoms with Gasteiger partial charge in [-0.05, 0) is 31.2 Å². The maximum atomic E-state index is 12.9. The standard InChI is InChI=1S/C16H21N3O2S/c1-11(20)12-5-3-7-19(9-12)16(21)13-10-18(2)17-15(13)14-6-4-8-22-14/h4,6,8,10-12,20H,3,5,7,9H2,1-2H3. The lowest BCUT2D eigenvalue weighted by Crippen LogP contribution is -2.43. The average molecular weight is 319 g/mol. The predicted molar refractivity (Wildman–Crippen MR) is 86.8 cm³/mol. The lowest BCUT2D eigenvalue weighted by atomic mass is 9.93. The number of aromatic nitrogens is 2. The maximum absolute atomic E-state index is 12.9. The van der Waals surface area contributed by atoms with Gasteiger partial charge in [0.1, 0.15) is 5.69 Å². The molecule has 3 rings (SSSR count). The summed E-state index contributed by atoms with van der Waals surface area (Å²) in [5.41, 5.74) is 1.40. The molecule has 1 N–H and O–H groups in total. The Hall–Kier alpha value is -1.66. The van der Waals surface area contributed by atoms with E-state index in [0.717, 1.165) is 30.0 Å². The fourth-order valence-corrected chi connectivity index (χ4v) is 3.72. The second kappa shape index (κ2) is 6.22. The summed E-state index contributed by atoms with van der Waals surface area (Å²) >= 11 is 1.59. The van der Waals surface area contributed by atoms with Crippen LogP contribution in [0.3, 0.4) is 0 Å². The van der Waals surface area contributed by atoms with Crippen molar-refractivity contribution in [3.8, 4) is 10.6 Å². The molecule has 0 bridgehead atoms. The summed E-state index contributed by atoms with van der Waals surface area (Å²) in [5, 5.41) is 16.2. The first-order chi connectivity index (χ1) is 10.6. The molecule has 1 fully saturated rings. The van der Waals surface area contributed by atoms with Gasteiger partial charge >= 0.3 is 0 Å². The van der Waals surface area contributed by atoms with Gasteiger partial charge in [0.15, 0.2) is 0 Å². The molecule has 0 aliphatic carbocycles. The van der Waals surface area contributed by atoms with Crippen molar-refractivity contribution >= 4 is 17.2 Å². The van der Waals surface area contributed by atoms with Gasteiger partial charge in [0, 0.05) is 32.3 Å². The summed E-state index contributed by atoms with van der Waals surface area (Å²) in [7, 11) is 1.84. The van der Waals surface area contributed by atoms with E-state index in [1.807, 2.05) is 29.5 Å². The molecule has 1 saturated heterocycles. The number of hydrogen-bond donors (Lipinski definition) is 1. The number of carbonyl (C=O) groups excluding carboxylic acids is 1. The number of piperidine rings is 1. The van der Waals surface area contributed by atoms with Gasteiger partial charge in [-0.1, -0.05) is 6.07 Å². The fraction of sp³-hybridized carbons (Fsp3) is 0.500. The van der Waals surface area contributed by atoms with E-state index in [0.29, 0.717) is 12.1 Å². The molecule has 0 saturated carbocycles. The van der Waals surface area contributed by atoms with Gasteiger partial charge in [-0.15, -0.1) is 11.3 Å². The number of thiophene rings is 1. The zero-order valence-electron chi connectivity index (χ0n) is 12.9. The van der Waals surface area contributed by atoms with Crippen LogP contribution in [0.15, 0.2) is 23.7 Å². The highest BCUT2D eigenvalue weighted by molar-refractivity contribution is 7.13. The molecular weight excluding hydrogens is 298 g/mol. The quantitative estimate of drug-likeness (QED) is 0.945. The lowest BCUT2D eigenvalue weighted by Gasteiger charge is -2.34. The van der Waals surface area contributed by atoms with Crippen LogP contribution in [0.5, 0.6) is 0 Å². The van der Waals surface area contributed by atoms with E-state index in [4.69, 9.17) is 0 Å². The number of carbonyl (C=O) groups is 1. The zero-order valence-corrected chi connectivity index (χ0v) is 13.7. The minimum atomic E-state index is -0.374. The zero-order chi connectivity index (χ0) is 15.7. The van der Waals surface area contributed by atoms with E-state index < -0.39 is 0 Å². The Morgan fingerprint density at radius 1 is 1.55 bits per heavy atom. The molecular formula is C16H21N3O2S. The highest BCUT2D eigenvalue weighted by Gasteiger charge is 2.29. The molecule has 2 aromatic heterocycles. The van der Waals surface area contributed by atoms with Gasteiger partial charge in [0.05, 0.1) is 16.5 Å². The van der Waals surface area contributed by atoms with E-state index >= 15 is 0 Å². The van der Waals surface area contributed by atoms with Crippen LogP contribution < -0.4 is 0 Å². The van der Waals surface area contributed by atoms with Crippen molar-refractivity contribution in [3.63, 3.8) is 0 Å². The third kappa shape index (κ3) is 2.94. The van der Waals surface area contributed by atoms with Crippen molar-refractivity contribution in [1.82, 2.24) is 14.7 Å². The summed E-state index contributed by atoms with van der Waals surface area (Å²) in [4.78, 5) is 15.8. The number of aliphatic hydroxyl groups excluding tert-OH is 1. The third-order valence-corrected chi connectivity index (χ3v) is 5.12. The molecule has 6 heteroatoms. The van der Waals surface area contributed by atoms with Gasteiger partial charge in [-0.25, -0.2) is 0 Å². The minimum Gasteiger partial charge on any atom is -0.393 e. The number of amides is 1. The molecule has 0 radical (unpaired) electrons. The second-order valence-corrected chi connectivity index (χ2v) is 6.88. The molecule has 1 aliphatic heterocycles. The van der Waals surface area contributed by atoms with Crippen molar-refractivity contribution < 1.29 is 9.90 Å². The minimum absolute atomic E-state index is 0.0156. The van der Waals surface area contributed by atoms with Crippen molar-refractivity contribution in [2.45, 2.75) is 25.9 Å². The molecule has 3 heterocycles. The van der Waals surface area contributed by atoms with Crippen LogP contribution in [-0.2, 0) is 7.05 Å². The molecule has 118 valence electrons. The molecule has 0 aromatic carbocycles. The van der Waals surface area contributed by atoms with Gasteiger partial charge < -0.3 is 10.0 Å². The number of aryl methyl sites for hydroxylation is 1. The Bertz CT molecular complexity index is 648. The Morgan fingerprint density at radius 3 is 3.05 bits per heavy atom. The average Bonchev–Trinajstić information content (AvgIpc) is 3.15. The van der Waals surface area contributed by atoms with Crippen molar-refractivity contribution in [2.75, 3.05) is 13.1 Å². The Balaban J connectivity index is 1.86. The molecule has 5 nitrogen and oxygen atoms in total. The smallest absolute Gasteiger partial charge is 0.257 e. The first-order valence-corrected chi connectivity index (χ1v) is 8.49. The largest absolute Gasteiger partial charge is 0.393 e. The molecule has 1 aliphatic rings. The van der Waals surface area contributed by atoms with E-state index in [9.17, 15) is 9.90 Å². The predicted octanol–water partition coefficient (Wildman–Crippen LogP) is 2.38. The number of hydrogen-bond acceptors (Lipinski definition) is 4. The van der Waals surface area contributed by atoms with Crippen molar-refractivity contribution in [1.29, 1.82) is 0 Å². The second-order valence-electron chi connectivity index (χ2n) is 5.94. The van der Waals surface area contributed by atoms with Crippen molar-refractivity contribution in [2.24, 2.45) is 13.0 Å². The molecule has 2 unspecified atom stereocenters. The first-order valence-electron chi connectivity index (χ1n) is 7.61. The maximum Gasteiger partial charge on any atom is 0.257 e. The Labute approximate surface area is 134 Å². The van der Waals surface area contributed by atoms with E-state index in [1.165, 1.54) is 0 Å². The van der Waals surface area contributed by atoms with E-state index in [-0.39, 0.29) is 17.9 Å². The van der Waals surface area contributed by atoms with Crippen LogP contribution >= 0.6 is 11.3 Å². The van der Waals surface area contributed by atoms with Crippen LogP contribution in [0.1, 0.15) is 30.1 Å².